The van der Waals surface area contributed by atoms with Crippen LogP contribution in [0.5, 0.6) is 0 Å². The summed E-state index contributed by atoms with van der Waals surface area (Å²) in [4.78, 5) is 23.9. The maximum atomic E-state index is 12.6. The summed E-state index contributed by atoms with van der Waals surface area (Å²) in [5, 5.41) is 10.1. The molecule has 9 heteroatoms. The first-order chi connectivity index (χ1) is 8.36. The van der Waals surface area contributed by atoms with Crippen molar-refractivity contribution in [2.24, 2.45) is 0 Å². The van der Waals surface area contributed by atoms with E-state index >= 15 is 0 Å². The van der Waals surface area contributed by atoms with Gasteiger partial charge in [-0.05, 0) is 6.07 Å². The lowest BCUT2D eigenvalue weighted by molar-refractivity contribution is -0.386. The van der Waals surface area contributed by atoms with Crippen molar-refractivity contribution in [1.29, 1.82) is 0 Å². The average molecular weight is 281 g/mol. The second kappa shape index (κ2) is 5.67. The number of pyridine rings is 1. The monoisotopic (exact) mass is 280 g/mol. The molecule has 6 nitrogen and oxygen atoms in total. The van der Waals surface area contributed by atoms with Crippen LogP contribution in [0.15, 0.2) is 6.07 Å². The van der Waals surface area contributed by atoms with Crippen LogP contribution in [-0.4, -0.2) is 23.0 Å². The van der Waals surface area contributed by atoms with Crippen LogP contribution in [0.1, 0.15) is 17.8 Å². The van der Waals surface area contributed by atoms with Crippen molar-refractivity contribution in [2.75, 3.05) is 7.11 Å². The maximum absolute atomic E-state index is 12.6. The molecule has 0 spiro atoms. The Balaban J connectivity index is 3.27. The smallest absolute Gasteiger partial charge is 0.315 e. The summed E-state index contributed by atoms with van der Waals surface area (Å²) < 4.78 is 29.6. The Bertz CT molecular complexity index is 496. The van der Waals surface area contributed by atoms with E-state index in [-0.39, 0.29) is 5.69 Å². The first-order valence-corrected chi connectivity index (χ1v) is 4.93. The largest absolute Gasteiger partial charge is 0.469 e. The molecule has 0 atom stereocenters. The number of carbonyl (C=O) groups excluding carboxylic acids is 1. The first kappa shape index (κ1) is 14.2. The molecule has 0 aliphatic heterocycles. The second-order valence-corrected chi connectivity index (χ2v) is 3.55. The van der Waals surface area contributed by atoms with Crippen molar-refractivity contribution in [3.8, 4) is 0 Å². The molecule has 1 heterocycles. The summed E-state index contributed by atoms with van der Waals surface area (Å²) in [6, 6.07) is 0.989. The lowest BCUT2D eigenvalue weighted by Crippen LogP contribution is -2.09. The zero-order chi connectivity index (χ0) is 13.9. The number of methoxy groups -OCH3 is 1. The van der Waals surface area contributed by atoms with Gasteiger partial charge in [0.05, 0.1) is 24.1 Å². The van der Waals surface area contributed by atoms with E-state index in [0.717, 1.165) is 13.2 Å². The van der Waals surface area contributed by atoms with E-state index in [0.29, 0.717) is 0 Å². The molecule has 0 saturated carbocycles. The fourth-order valence-corrected chi connectivity index (χ4v) is 1.51. The number of halogens is 3. The molecule has 0 aliphatic carbocycles. The van der Waals surface area contributed by atoms with E-state index in [9.17, 15) is 23.7 Å². The average Bonchev–Trinajstić information content (AvgIpc) is 2.27. The number of esters is 1. The third-order valence-corrected chi connectivity index (χ3v) is 2.26. The van der Waals surface area contributed by atoms with E-state index in [1.54, 1.807) is 0 Å². The highest BCUT2D eigenvalue weighted by Gasteiger charge is 2.28. The van der Waals surface area contributed by atoms with Crippen LogP contribution in [-0.2, 0) is 16.0 Å². The van der Waals surface area contributed by atoms with Crippen molar-refractivity contribution < 1.29 is 23.2 Å². The number of hydrogen-bond acceptors (Lipinski definition) is 5. The number of nitro groups is 1. The fourth-order valence-electron chi connectivity index (χ4n) is 1.22. The molecule has 0 radical (unpaired) electrons. The number of rotatable bonds is 4. The number of aromatic nitrogens is 1. The number of ether oxygens (including phenoxy) is 1. The molecule has 0 N–H and O–H groups in total. The lowest BCUT2D eigenvalue weighted by atomic mass is 10.2. The molecule has 0 saturated heterocycles. The molecular weight excluding hydrogens is 274 g/mol. The molecule has 98 valence electrons. The quantitative estimate of drug-likeness (QED) is 0.480. The topological polar surface area (TPSA) is 82.3 Å². The third kappa shape index (κ3) is 3.10. The SMILES string of the molecule is COC(=O)Cc1cc(Cl)c([N+](=O)[O-])c(C(F)F)n1. The number of carbonyl (C=O) groups is 1. The van der Waals surface area contributed by atoms with Gasteiger partial charge in [0, 0.05) is 0 Å². The Morgan fingerprint density at radius 1 is 1.67 bits per heavy atom. The van der Waals surface area contributed by atoms with Crippen LogP contribution >= 0.6 is 11.6 Å². The fraction of sp³-hybridized carbons (Fsp3) is 0.333. The molecular formula is C9H7ClF2N2O4. The summed E-state index contributed by atoms with van der Waals surface area (Å²) in [7, 11) is 1.11. The molecule has 0 unspecified atom stereocenters. The highest BCUT2D eigenvalue weighted by molar-refractivity contribution is 6.32. The lowest BCUT2D eigenvalue weighted by Gasteiger charge is -2.06. The summed E-state index contributed by atoms with van der Waals surface area (Å²) in [6.07, 6.45) is -3.56. The van der Waals surface area contributed by atoms with Crippen molar-refractivity contribution in [1.82, 2.24) is 4.98 Å². The van der Waals surface area contributed by atoms with Crippen LogP contribution in [0.25, 0.3) is 0 Å². The van der Waals surface area contributed by atoms with Gasteiger partial charge in [0.25, 0.3) is 6.43 Å². The molecule has 18 heavy (non-hydrogen) atoms. The number of nitrogens with zero attached hydrogens (tertiary/aromatic N) is 2. The molecule has 0 fully saturated rings. The van der Waals surface area contributed by atoms with Gasteiger partial charge in [0.1, 0.15) is 5.02 Å². The highest BCUT2D eigenvalue weighted by atomic mass is 35.5. The van der Waals surface area contributed by atoms with Gasteiger partial charge in [0.15, 0.2) is 5.69 Å². The third-order valence-electron chi connectivity index (χ3n) is 1.97. The predicted molar refractivity (Wildman–Crippen MR) is 56.6 cm³/mol. The van der Waals surface area contributed by atoms with Crippen LogP contribution in [0.2, 0.25) is 5.02 Å². The van der Waals surface area contributed by atoms with E-state index < -0.39 is 40.1 Å². The van der Waals surface area contributed by atoms with Crippen molar-refractivity contribution >= 4 is 23.3 Å². The Morgan fingerprint density at radius 3 is 2.72 bits per heavy atom. The Hall–Kier alpha value is -1.83. The van der Waals surface area contributed by atoms with Gasteiger partial charge in [-0.2, -0.15) is 0 Å². The molecule has 1 rings (SSSR count). The first-order valence-electron chi connectivity index (χ1n) is 4.55. The van der Waals surface area contributed by atoms with Gasteiger partial charge in [-0.3, -0.25) is 14.9 Å². The normalized spacial score (nSPS) is 10.5. The van der Waals surface area contributed by atoms with Gasteiger partial charge in [-0.15, -0.1) is 0 Å². The maximum Gasteiger partial charge on any atom is 0.315 e. The van der Waals surface area contributed by atoms with Crippen molar-refractivity contribution in [3.05, 3.63) is 32.6 Å². The molecule has 1 aromatic rings. The van der Waals surface area contributed by atoms with Gasteiger partial charge < -0.3 is 4.74 Å². The van der Waals surface area contributed by atoms with Crippen LogP contribution in [0.3, 0.4) is 0 Å². The summed E-state index contributed by atoms with van der Waals surface area (Å²) >= 11 is 5.53. The Labute approximate surface area is 105 Å². The minimum atomic E-state index is -3.17. The van der Waals surface area contributed by atoms with E-state index in [2.05, 4.69) is 9.72 Å². The van der Waals surface area contributed by atoms with Gasteiger partial charge in [0.2, 0.25) is 0 Å². The zero-order valence-corrected chi connectivity index (χ0v) is 9.78. The minimum Gasteiger partial charge on any atom is -0.469 e. The van der Waals surface area contributed by atoms with Gasteiger partial charge >= 0.3 is 11.7 Å². The van der Waals surface area contributed by atoms with E-state index in [1.165, 1.54) is 0 Å². The van der Waals surface area contributed by atoms with E-state index in [1.807, 2.05) is 0 Å². The van der Waals surface area contributed by atoms with Crippen LogP contribution in [0.4, 0.5) is 14.5 Å². The zero-order valence-electron chi connectivity index (χ0n) is 9.02. The molecule has 1 aromatic heterocycles. The van der Waals surface area contributed by atoms with Gasteiger partial charge in [-0.25, -0.2) is 13.8 Å². The molecule has 0 amide bonds. The molecule has 0 aromatic carbocycles. The van der Waals surface area contributed by atoms with Crippen molar-refractivity contribution in [2.45, 2.75) is 12.8 Å². The number of hydrogen-bond donors (Lipinski definition) is 0. The van der Waals surface area contributed by atoms with E-state index in [4.69, 9.17) is 11.6 Å². The summed E-state index contributed by atoms with van der Waals surface area (Å²) in [6.45, 7) is 0. The Kier molecular flexibility index (Phi) is 4.49. The highest BCUT2D eigenvalue weighted by Crippen LogP contribution is 2.34. The summed E-state index contributed by atoms with van der Waals surface area (Å²) in [5.74, 6) is -0.715. The number of alkyl halides is 2. The van der Waals surface area contributed by atoms with Crippen molar-refractivity contribution in [3.63, 3.8) is 0 Å². The van der Waals surface area contributed by atoms with Crippen LogP contribution < -0.4 is 0 Å². The van der Waals surface area contributed by atoms with Gasteiger partial charge in [-0.1, -0.05) is 11.6 Å². The van der Waals surface area contributed by atoms with Crippen LogP contribution in [0, 0.1) is 10.1 Å². The summed E-state index contributed by atoms with van der Waals surface area (Å²) in [5.41, 5.74) is -2.14. The molecule has 0 bridgehead atoms. The molecule has 0 aliphatic rings. The minimum absolute atomic E-state index is 0.118. The predicted octanol–water partition coefficient (Wildman–Crippen LogP) is 2.30. The Morgan fingerprint density at radius 2 is 2.28 bits per heavy atom. The standard InChI is InChI=1S/C9H7ClF2N2O4/c1-18-6(15)3-4-2-5(10)8(14(16)17)7(13-4)9(11)12/h2,9H,3H2,1H3. The second-order valence-electron chi connectivity index (χ2n) is 3.14.